The lowest BCUT2D eigenvalue weighted by Crippen LogP contribution is -2.15. The smallest absolute Gasteiger partial charge is 0.144 e. The molecule has 24 heavy (non-hydrogen) atoms. The molecule has 1 aromatic heterocycles. The molecule has 1 heterocycles. The number of halogens is 1. The summed E-state index contributed by atoms with van der Waals surface area (Å²) in [5.74, 6) is 0.359. The number of hydrogen-bond acceptors (Lipinski definition) is 2. The van der Waals surface area contributed by atoms with Gasteiger partial charge in [-0.2, -0.15) is 0 Å². The van der Waals surface area contributed by atoms with Gasteiger partial charge in [0.05, 0.1) is 5.69 Å². The lowest BCUT2D eigenvalue weighted by atomic mass is 9.82. The summed E-state index contributed by atoms with van der Waals surface area (Å²) in [4.78, 5) is 4.63. The first-order valence-corrected chi connectivity index (χ1v) is 8.28. The van der Waals surface area contributed by atoms with Crippen molar-refractivity contribution in [2.75, 3.05) is 0 Å². The van der Waals surface area contributed by atoms with E-state index in [-0.39, 0.29) is 0 Å². The first-order chi connectivity index (χ1) is 11.4. The monoisotopic (exact) mass is 333 g/mol. The Balaban J connectivity index is 2.06. The third-order valence-electron chi connectivity index (χ3n) is 4.37. The van der Waals surface area contributed by atoms with Crippen molar-refractivity contribution in [2.45, 2.75) is 13.8 Å². The van der Waals surface area contributed by atoms with Crippen LogP contribution in [0.25, 0.3) is 22.4 Å². The Morgan fingerprint density at radius 2 is 1.58 bits per heavy atom. The van der Waals surface area contributed by atoms with E-state index in [1.807, 2.05) is 53.1 Å². The zero-order chi connectivity index (χ0) is 17.4. The first-order valence-electron chi connectivity index (χ1n) is 7.90. The highest BCUT2D eigenvalue weighted by atomic mass is 35.5. The van der Waals surface area contributed by atoms with Crippen LogP contribution in [0.15, 0.2) is 42.6 Å². The van der Waals surface area contributed by atoms with Gasteiger partial charge < -0.3 is 5.11 Å². The van der Waals surface area contributed by atoms with Crippen molar-refractivity contribution in [1.29, 1.82) is 0 Å². The third kappa shape index (κ3) is 3.07. The number of aromatic nitrogens is 1. The van der Waals surface area contributed by atoms with Gasteiger partial charge in [0.2, 0.25) is 0 Å². The van der Waals surface area contributed by atoms with Crippen LogP contribution < -0.4 is 10.9 Å². The zero-order valence-electron chi connectivity index (χ0n) is 14.3. The van der Waals surface area contributed by atoms with Gasteiger partial charge in [-0.25, -0.2) is 0 Å². The van der Waals surface area contributed by atoms with E-state index in [0.29, 0.717) is 5.75 Å². The highest BCUT2D eigenvalue weighted by Gasteiger charge is 2.10. The Morgan fingerprint density at radius 1 is 0.917 bits per heavy atom. The van der Waals surface area contributed by atoms with E-state index in [9.17, 15) is 5.11 Å². The number of aromatic hydroxyl groups is 1. The average Bonchev–Trinajstić information content (AvgIpc) is 2.54. The topological polar surface area (TPSA) is 33.1 Å². The minimum Gasteiger partial charge on any atom is -0.509 e. The molecule has 0 saturated heterocycles. The molecule has 0 atom stereocenters. The molecule has 118 valence electrons. The van der Waals surface area contributed by atoms with Crippen LogP contribution in [0.5, 0.6) is 5.75 Å². The van der Waals surface area contributed by atoms with E-state index in [4.69, 9.17) is 11.6 Å². The molecule has 5 heteroatoms. The van der Waals surface area contributed by atoms with Crippen LogP contribution in [0.2, 0.25) is 5.02 Å². The minimum atomic E-state index is 0.359. The Morgan fingerprint density at radius 3 is 2.17 bits per heavy atom. The molecule has 3 rings (SSSR count). The van der Waals surface area contributed by atoms with E-state index in [2.05, 4.69) is 24.0 Å². The van der Waals surface area contributed by atoms with Crippen LogP contribution in [0, 0.1) is 13.8 Å². The van der Waals surface area contributed by atoms with Crippen LogP contribution in [-0.2, 0) is 0 Å². The normalized spacial score (nSPS) is 10.8. The number of phenolic OH excluding ortho intramolecular Hbond substituents is 1. The Kier molecular flexibility index (Phi) is 4.42. The van der Waals surface area contributed by atoms with Gasteiger partial charge in [0.1, 0.15) is 21.4 Å². The molecular formula is C19H18B2ClNO. The number of rotatable bonds is 2. The van der Waals surface area contributed by atoms with Gasteiger partial charge in [-0.3, -0.25) is 4.98 Å². The highest BCUT2D eigenvalue weighted by Crippen LogP contribution is 2.28. The number of phenols is 1. The van der Waals surface area contributed by atoms with Crippen LogP contribution >= 0.6 is 11.6 Å². The van der Waals surface area contributed by atoms with Gasteiger partial charge in [0, 0.05) is 22.3 Å². The van der Waals surface area contributed by atoms with Crippen molar-refractivity contribution >= 4 is 38.2 Å². The maximum absolute atomic E-state index is 9.96. The third-order valence-corrected chi connectivity index (χ3v) is 4.79. The molecule has 0 spiro atoms. The second-order valence-corrected chi connectivity index (χ2v) is 6.71. The molecule has 0 radical (unpaired) electrons. The molecule has 0 saturated carbocycles. The first kappa shape index (κ1) is 16.7. The molecule has 1 N–H and O–H groups in total. The second kappa shape index (κ2) is 6.37. The molecule has 0 aliphatic rings. The summed E-state index contributed by atoms with van der Waals surface area (Å²) >= 11 is 6.11. The summed E-state index contributed by atoms with van der Waals surface area (Å²) in [5, 5.41) is 10.7. The highest BCUT2D eigenvalue weighted by molar-refractivity contribution is 6.41. The molecule has 2 nitrogen and oxygen atoms in total. The summed E-state index contributed by atoms with van der Waals surface area (Å²) in [5.41, 5.74) is 8.10. The maximum atomic E-state index is 9.96. The number of hydrogen-bond donors (Lipinski definition) is 1. The fourth-order valence-corrected chi connectivity index (χ4v) is 3.05. The summed E-state index contributed by atoms with van der Waals surface area (Å²) in [6.45, 7) is 4.08. The van der Waals surface area contributed by atoms with Crippen LogP contribution in [0.4, 0.5) is 0 Å². The summed E-state index contributed by atoms with van der Waals surface area (Å²) in [6.07, 6.45) is 1.90. The number of aryl methyl sites for hydroxylation is 2. The fourth-order valence-electron chi connectivity index (χ4n) is 2.93. The van der Waals surface area contributed by atoms with Gasteiger partial charge in [0.15, 0.2) is 0 Å². The van der Waals surface area contributed by atoms with Crippen molar-refractivity contribution in [2.24, 2.45) is 0 Å². The van der Waals surface area contributed by atoms with Crippen LogP contribution in [0.3, 0.4) is 0 Å². The van der Waals surface area contributed by atoms with Gasteiger partial charge in [-0.1, -0.05) is 29.8 Å². The molecule has 3 aromatic rings. The fraction of sp³-hybridized carbons (Fsp3) is 0.105. The summed E-state index contributed by atoms with van der Waals surface area (Å²) < 4.78 is 0. The average molecular weight is 333 g/mol. The largest absolute Gasteiger partial charge is 0.509 e. The van der Waals surface area contributed by atoms with E-state index in [1.165, 1.54) is 0 Å². The van der Waals surface area contributed by atoms with Gasteiger partial charge in [-0.05, 0) is 59.7 Å². The number of nitrogens with zero attached hydrogens (tertiary/aromatic N) is 1. The van der Waals surface area contributed by atoms with Gasteiger partial charge in [0.25, 0.3) is 0 Å². The maximum Gasteiger partial charge on any atom is 0.144 e. The van der Waals surface area contributed by atoms with Crippen LogP contribution in [-0.4, -0.2) is 25.8 Å². The van der Waals surface area contributed by atoms with E-state index in [0.717, 1.165) is 49.5 Å². The molecule has 0 fully saturated rings. The molecule has 0 aliphatic heterocycles. The van der Waals surface area contributed by atoms with E-state index in [1.54, 1.807) is 0 Å². The Bertz CT molecular complexity index is 918. The van der Waals surface area contributed by atoms with E-state index >= 15 is 0 Å². The molecule has 0 bridgehead atoms. The SMILES string of the molecule is Bc1cc(-c2cnc(-c3ccc(Cl)c(C)c3)cc2C)cc(B)c1O. The van der Waals surface area contributed by atoms with Crippen LogP contribution in [0.1, 0.15) is 11.1 Å². The Labute approximate surface area is 149 Å². The molecule has 2 aromatic carbocycles. The zero-order valence-corrected chi connectivity index (χ0v) is 15.1. The van der Waals surface area contributed by atoms with Crippen molar-refractivity contribution in [3.05, 3.63) is 58.7 Å². The lowest BCUT2D eigenvalue weighted by molar-refractivity contribution is 0.484. The van der Waals surface area contributed by atoms with Crippen molar-refractivity contribution in [3.8, 4) is 28.1 Å². The minimum absolute atomic E-state index is 0.359. The van der Waals surface area contributed by atoms with Crippen molar-refractivity contribution in [3.63, 3.8) is 0 Å². The second-order valence-electron chi connectivity index (χ2n) is 6.31. The van der Waals surface area contributed by atoms with E-state index < -0.39 is 0 Å². The quantitative estimate of drug-likeness (QED) is 0.727. The summed E-state index contributed by atoms with van der Waals surface area (Å²) in [6, 6.07) is 12.0. The molecule has 0 amide bonds. The standard InChI is InChI=1S/C19H18B2ClNO/c1-10-6-18(12-3-4-17(22)11(2)5-12)23-9-14(10)13-7-15(20)19(24)16(21)8-13/h3-9,24H,20-21H2,1-2H3. The molecule has 0 unspecified atom stereocenters. The molecular weight excluding hydrogens is 315 g/mol. The number of pyridine rings is 1. The predicted octanol–water partition coefficient (Wildman–Crippen LogP) is 1.91. The lowest BCUT2D eigenvalue weighted by Gasteiger charge is -2.12. The van der Waals surface area contributed by atoms with Gasteiger partial charge in [-0.15, -0.1) is 0 Å². The summed E-state index contributed by atoms with van der Waals surface area (Å²) in [7, 11) is 3.83. The Hall–Kier alpha value is -2.19. The number of benzene rings is 2. The van der Waals surface area contributed by atoms with Crippen molar-refractivity contribution < 1.29 is 5.11 Å². The van der Waals surface area contributed by atoms with Gasteiger partial charge >= 0.3 is 0 Å². The molecule has 0 aliphatic carbocycles. The predicted molar refractivity (Wildman–Crippen MR) is 108 cm³/mol. The van der Waals surface area contributed by atoms with Crippen molar-refractivity contribution in [1.82, 2.24) is 4.98 Å².